The highest BCUT2D eigenvalue weighted by Gasteiger charge is 2.41. The average Bonchev–Trinajstić information content (AvgIpc) is 2.64. The SMILES string of the molecule is O=C1CC2(Cc3cc(Br)ccc3N1)OCCO2. The number of rotatable bonds is 0. The number of halogens is 1. The Morgan fingerprint density at radius 3 is 2.76 bits per heavy atom. The average molecular weight is 298 g/mol. The summed E-state index contributed by atoms with van der Waals surface area (Å²) in [6.07, 6.45) is 0.847. The number of hydrogen-bond acceptors (Lipinski definition) is 3. The molecular weight excluding hydrogens is 286 g/mol. The zero-order valence-corrected chi connectivity index (χ0v) is 10.7. The van der Waals surface area contributed by atoms with Crippen molar-refractivity contribution in [2.45, 2.75) is 18.6 Å². The molecule has 1 fully saturated rings. The molecule has 2 aliphatic heterocycles. The Morgan fingerprint density at radius 2 is 2.00 bits per heavy atom. The summed E-state index contributed by atoms with van der Waals surface area (Å²) < 4.78 is 12.2. The molecular formula is C12H12BrNO3. The standard InChI is InChI=1S/C12H12BrNO3/c13-9-1-2-10-8(5-9)6-12(7-11(15)14-10)16-3-4-17-12/h1-2,5H,3-4,6-7H2,(H,14,15). The lowest BCUT2D eigenvalue weighted by molar-refractivity contribution is -0.165. The molecule has 0 radical (unpaired) electrons. The Kier molecular flexibility index (Phi) is 2.69. The molecule has 0 aliphatic carbocycles. The third kappa shape index (κ3) is 2.10. The van der Waals surface area contributed by atoms with Crippen LogP contribution in [0.5, 0.6) is 0 Å². The van der Waals surface area contributed by atoms with Crippen molar-refractivity contribution < 1.29 is 14.3 Å². The second-order valence-corrected chi connectivity index (χ2v) is 5.23. The lowest BCUT2D eigenvalue weighted by atomic mass is 10.0. The van der Waals surface area contributed by atoms with Gasteiger partial charge in [-0.3, -0.25) is 4.79 Å². The quantitative estimate of drug-likeness (QED) is 0.797. The molecule has 4 nitrogen and oxygen atoms in total. The predicted octanol–water partition coefficient (Wildman–Crippen LogP) is 2.08. The van der Waals surface area contributed by atoms with Gasteiger partial charge in [-0.1, -0.05) is 15.9 Å². The van der Waals surface area contributed by atoms with Gasteiger partial charge >= 0.3 is 0 Å². The van der Waals surface area contributed by atoms with Crippen molar-refractivity contribution in [2.24, 2.45) is 0 Å². The molecule has 0 atom stereocenters. The summed E-state index contributed by atoms with van der Waals surface area (Å²) in [5, 5.41) is 2.88. The van der Waals surface area contributed by atoms with Crippen LogP contribution in [-0.2, 0) is 20.7 Å². The lowest BCUT2D eigenvalue weighted by Gasteiger charge is -2.24. The summed E-state index contributed by atoms with van der Waals surface area (Å²) in [5.74, 6) is -0.830. The maximum atomic E-state index is 11.8. The fourth-order valence-electron chi connectivity index (χ4n) is 2.32. The van der Waals surface area contributed by atoms with E-state index < -0.39 is 5.79 Å². The molecule has 1 saturated heterocycles. The van der Waals surface area contributed by atoms with E-state index in [-0.39, 0.29) is 12.3 Å². The van der Waals surface area contributed by atoms with E-state index in [9.17, 15) is 4.79 Å². The van der Waals surface area contributed by atoms with Gasteiger partial charge in [0.05, 0.1) is 19.6 Å². The van der Waals surface area contributed by atoms with Crippen LogP contribution >= 0.6 is 15.9 Å². The first-order chi connectivity index (χ1) is 8.17. The lowest BCUT2D eigenvalue weighted by Crippen LogP contribution is -2.35. The Bertz CT molecular complexity index is 469. The van der Waals surface area contributed by atoms with Crippen LogP contribution in [0.3, 0.4) is 0 Å². The summed E-state index contributed by atoms with van der Waals surface area (Å²) in [4.78, 5) is 11.8. The van der Waals surface area contributed by atoms with E-state index in [1.807, 2.05) is 18.2 Å². The van der Waals surface area contributed by atoms with E-state index in [4.69, 9.17) is 9.47 Å². The van der Waals surface area contributed by atoms with Crippen LogP contribution in [0.25, 0.3) is 0 Å². The van der Waals surface area contributed by atoms with Gasteiger partial charge in [0.1, 0.15) is 0 Å². The minimum absolute atomic E-state index is 0.0621. The number of carbonyl (C=O) groups is 1. The van der Waals surface area contributed by atoms with Gasteiger partial charge in [-0.2, -0.15) is 0 Å². The van der Waals surface area contributed by atoms with Gasteiger partial charge in [0.15, 0.2) is 5.79 Å². The molecule has 5 heteroatoms. The van der Waals surface area contributed by atoms with Crippen molar-refractivity contribution in [2.75, 3.05) is 18.5 Å². The molecule has 0 saturated carbocycles. The van der Waals surface area contributed by atoms with Crippen LogP contribution in [0.1, 0.15) is 12.0 Å². The summed E-state index contributed by atoms with van der Waals surface area (Å²) in [6, 6.07) is 5.80. The molecule has 2 heterocycles. The van der Waals surface area contributed by atoms with Gasteiger partial charge in [-0.15, -0.1) is 0 Å². The molecule has 17 heavy (non-hydrogen) atoms. The first kappa shape index (κ1) is 11.2. The van der Waals surface area contributed by atoms with Crippen molar-refractivity contribution in [1.29, 1.82) is 0 Å². The molecule has 1 amide bonds. The number of nitrogens with one attached hydrogen (secondary N) is 1. The number of carbonyl (C=O) groups excluding carboxylic acids is 1. The summed E-state index contributed by atoms with van der Waals surface area (Å²) in [6.45, 7) is 1.10. The van der Waals surface area contributed by atoms with E-state index >= 15 is 0 Å². The molecule has 1 aromatic rings. The van der Waals surface area contributed by atoms with Gasteiger partial charge in [0.2, 0.25) is 5.91 Å². The van der Waals surface area contributed by atoms with Crippen molar-refractivity contribution >= 4 is 27.5 Å². The Labute approximate surface area is 107 Å². The second-order valence-electron chi connectivity index (χ2n) is 4.31. The van der Waals surface area contributed by atoms with Crippen molar-refractivity contribution in [3.8, 4) is 0 Å². The maximum Gasteiger partial charge on any atom is 0.229 e. The minimum atomic E-state index is -0.768. The Hall–Kier alpha value is -0.910. The predicted molar refractivity (Wildman–Crippen MR) is 65.7 cm³/mol. The van der Waals surface area contributed by atoms with Crippen LogP contribution < -0.4 is 5.32 Å². The van der Waals surface area contributed by atoms with Crippen LogP contribution in [-0.4, -0.2) is 24.9 Å². The molecule has 1 spiro atoms. The molecule has 0 aromatic heterocycles. The smallest absolute Gasteiger partial charge is 0.229 e. The number of hydrogen-bond donors (Lipinski definition) is 1. The second kappa shape index (κ2) is 4.08. The summed E-state index contributed by atoms with van der Waals surface area (Å²) >= 11 is 3.43. The number of fused-ring (bicyclic) bond motifs is 1. The highest BCUT2D eigenvalue weighted by Crippen LogP contribution is 2.35. The normalized spacial score (nSPS) is 22.1. The molecule has 0 bridgehead atoms. The van der Waals surface area contributed by atoms with Gasteiger partial charge in [-0.25, -0.2) is 0 Å². The molecule has 90 valence electrons. The van der Waals surface area contributed by atoms with Crippen LogP contribution in [0.4, 0.5) is 5.69 Å². The van der Waals surface area contributed by atoms with Gasteiger partial charge in [0, 0.05) is 16.6 Å². The van der Waals surface area contributed by atoms with E-state index in [1.165, 1.54) is 0 Å². The first-order valence-corrected chi connectivity index (χ1v) is 6.32. The van der Waals surface area contributed by atoms with E-state index in [0.29, 0.717) is 19.6 Å². The Morgan fingerprint density at radius 1 is 1.24 bits per heavy atom. The zero-order chi connectivity index (χ0) is 11.9. The number of benzene rings is 1. The van der Waals surface area contributed by atoms with E-state index in [1.54, 1.807) is 0 Å². The highest BCUT2D eigenvalue weighted by molar-refractivity contribution is 9.10. The molecule has 0 unspecified atom stereocenters. The molecule has 3 rings (SSSR count). The number of amides is 1. The summed E-state index contributed by atoms with van der Waals surface area (Å²) in [7, 11) is 0. The highest BCUT2D eigenvalue weighted by atomic mass is 79.9. The largest absolute Gasteiger partial charge is 0.347 e. The van der Waals surface area contributed by atoms with Gasteiger partial charge < -0.3 is 14.8 Å². The van der Waals surface area contributed by atoms with E-state index in [2.05, 4.69) is 21.2 Å². The monoisotopic (exact) mass is 297 g/mol. The minimum Gasteiger partial charge on any atom is -0.347 e. The third-order valence-corrected chi connectivity index (χ3v) is 3.54. The van der Waals surface area contributed by atoms with Crippen LogP contribution in [0.15, 0.2) is 22.7 Å². The molecule has 2 aliphatic rings. The fourth-order valence-corrected chi connectivity index (χ4v) is 2.73. The van der Waals surface area contributed by atoms with Crippen LogP contribution in [0, 0.1) is 0 Å². The van der Waals surface area contributed by atoms with Crippen molar-refractivity contribution in [3.05, 3.63) is 28.2 Å². The van der Waals surface area contributed by atoms with Crippen molar-refractivity contribution in [1.82, 2.24) is 0 Å². The Balaban J connectivity index is 2.02. The molecule has 1 aromatic carbocycles. The zero-order valence-electron chi connectivity index (χ0n) is 9.16. The van der Waals surface area contributed by atoms with Crippen LogP contribution in [0.2, 0.25) is 0 Å². The number of ether oxygens (including phenoxy) is 2. The molecule has 1 N–H and O–H groups in total. The van der Waals surface area contributed by atoms with Gasteiger partial charge in [-0.05, 0) is 23.8 Å². The fraction of sp³-hybridized carbons (Fsp3) is 0.417. The van der Waals surface area contributed by atoms with Gasteiger partial charge in [0.25, 0.3) is 0 Å². The maximum absolute atomic E-state index is 11.8. The first-order valence-electron chi connectivity index (χ1n) is 5.53. The topological polar surface area (TPSA) is 47.6 Å². The van der Waals surface area contributed by atoms with E-state index in [0.717, 1.165) is 15.7 Å². The number of anilines is 1. The summed E-state index contributed by atoms with van der Waals surface area (Å²) in [5.41, 5.74) is 1.88. The third-order valence-electron chi connectivity index (χ3n) is 3.04. The van der Waals surface area contributed by atoms with Crippen molar-refractivity contribution in [3.63, 3.8) is 0 Å².